The van der Waals surface area contributed by atoms with Gasteiger partial charge in [-0.15, -0.1) is 0 Å². The normalized spacial score (nSPS) is 14.2. The number of morpholine rings is 1. The monoisotopic (exact) mass is 413 g/mol. The number of hydrogen-bond acceptors (Lipinski definition) is 6. The summed E-state index contributed by atoms with van der Waals surface area (Å²) in [7, 11) is 1.42. The molecule has 150 valence electrons. The van der Waals surface area contributed by atoms with Crippen molar-refractivity contribution in [1.29, 1.82) is 5.26 Å². The molecule has 1 aliphatic heterocycles. The lowest BCUT2D eigenvalue weighted by atomic mass is 10.1. The minimum Gasteiger partial charge on any atom is -0.504 e. The Morgan fingerprint density at radius 1 is 1.31 bits per heavy atom. The fourth-order valence-electron chi connectivity index (χ4n) is 2.98. The van der Waals surface area contributed by atoms with Crippen molar-refractivity contribution in [3.8, 4) is 17.6 Å². The Balaban J connectivity index is 1.86. The molecule has 2 N–H and O–H groups in total. The van der Waals surface area contributed by atoms with Gasteiger partial charge in [0.05, 0.1) is 31.7 Å². The standard InChI is InChI=1S/C21H20ClN3O4/c1-28-20-11-14(2-5-19(20)26)10-15(13-23)21(27)24-17-12-16(22)3-4-18(17)25-6-8-29-9-7-25/h2-5,10-12,26H,6-9H2,1H3,(H,24,27)/b15-10+. The van der Waals surface area contributed by atoms with Gasteiger partial charge in [-0.3, -0.25) is 4.79 Å². The Bertz CT molecular complexity index is 978. The molecule has 29 heavy (non-hydrogen) atoms. The molecule has 0 aromatic heterocycles. The van der Waals surface area contributed by atoms with E-state index in [1.54, 1.807) is 24.3 Å². The SMILES string of the molecule is COc1cc(/C=C(\C#N)C(=O)Nc2cc(Cl)ccc2N2CCOCC2)ccc1O. The molecule has 3 rings (SSSR count). The molecule has 2 aromatic carbocycles. The van der Waals surface area contributed by atoms with Gasteiger partial charge in [0.15, 0.2) is 11.5 Å². The van der Waals surface area contributed by atoms with Gasteiger partial charge in [-0.25, -0.2) is 0 Å². The van der Waals surface area contributed by atoms with Gasteiger partial charge >= 0.3 is 0 Å². The molecule has 8 heteroatoms. The van der Waals surface area contributed by atoms with Crippen molar-refractivity contribution in [2.24, 2.45) is 0 Å². The van der Waals surface area contributed by atoms with Crippen molar-refractivity contribution in [3.63, 3.8) is 0 Å². The van der Waals surface area contributed by atoms with E-state index < -0.39 is 5.91 Å². The van der Waals surface area contributed by atoms with Gasteiger partial charge in [-0.05, 0) is 42.0 Å². The zero-order chi connectivity index (χ0) is 20.8. The second-order valence-corrected chi connectivity index (χ2v) is 6.75. The van der Waals surface area contributed by atoms with Gasteiger partial charge in [-0.1, -0.05) is 17.7 Å². The highest BCUT2D eigenvalue weighted by Crippen LogP contribution is 2.31. The summed E-state index contributed by atoms with van der Waals surface area (Å²) >= 11 is 6.12. The lowest BCUT2D eigenvalue weighted by molar-refractivity contribution is -0.112. The molecule has 1 saturated heterocycles. The Hall–Kier alpha value is -3.21. The van der Waals surface area contributed by atoms with Crippen molar-refractivity contribution >= 4 is 35.0 Å². The molecule has 7 nitrogen and oxygen atoms in total. The van der Waals surface area contributed by atoms with Crippen LogP contribution >= 0.6 is 11.6 Å². The molecule has 0 radical (unpaired) electrons. The fraction of sp³-hybridized carbons (Fsp3) is 0.238. The molecule has 0 bridgehead atoms. The van der Waals surface area contributed by atoms with Crippen LogP contribution in [0.1, 0.15) is 5.56 Å². The van der Waals surface area contributed by atoms with Crippen molar-refractivity contribution < 1.29 is 19.4 Å². The van der Waals surface area contributed by atoms with Gasteiger partial charge in [0.1, 0.15) is 11.6 Å². The van der Waals surface area contributed by atoms with E-state index in [-0.39, 0.29) is 17.1 Å². The molecular weight excluding hydrogens is 394 g/mol. The van der Waals surface area contributed by atoms with Crippen LogP contribution in [0.25, 0.3) is 6.08 Å². The number of nitrogens with zero attached hydrogens (tertiary/aromatic N) is 2. The summed E-state index contributed by atoms with van der Waals surface area (Å²) in [6, 6.07) is 11.7. The summed E-state index contributed by atoms with van der Waals surface area (Å²) in [5.41, 5.74) is 1.79. The maximum atomic E-state index is 12.7. The lowest BCUT2D eigenvalue weighted by Crippen LogP contribution is -2.36. The van der Waals surface area contributed by atoms with E-state index >= 15 is 0 Å². The second-order valence-electron chi connectivity index (χ2n) is 6.32. The number of carbonyl (C=O) groups excluding carboxylic acids is 1. The molecule has 0 saturated carbocycles. The number of benzene rings is 2. The van der Waals surface area contributed by atoms with Crippen LogP contribution in [0.3, 0.4) is 0 Å². The molecule has 0 aliphatic carbocycles. The molecule has 0 spiro atoms. The van der Waals surface area contributed by atoms with E-state index in [4.69, 9.17) is 21.1 Å². The molecule has 1 fully saturated rings. The predicted molar refractivity (Wildman–Crippen MR) is 111 cm³/mol. The van der Waals surface area contributed by atoms with Crippen molar-refractivity contribution in [1.82, 2.24) is 0 Å². The average Bonchev–Trinajstić information content (AvgIpc) is 2.73. The van der Waals surface area contributed by atoms with E-state index in [1.165, 1.54) is 19.3 Å². The Kier molecular flexibility index (Phi) is 6.60. The van der Waals surface area contributed by atoms with Gasteiger partial charge in [0.2, 0.25) is 0 Å². The highest BCUT2D eigenvalue weighted by Gasteiger charge is 2.18. The van der Waals surface area contributed by atoms with Gasteiger partial charge in [0, 0.05) is 18.1 Å². The first-order valence-corrected chi connectivity index (χ1v) is 9.32. The summed E-state index contributed by atoms with van der Waals surface area (Å²) in [6.45, 7) is 2.58. The zero-order valence-electron chi connectivity index (χ0n) is 15.8. The number of phenolic OH excluding ortho intramolecular Hbond substituents is 1. The first-order chi connectivity index (χ1) is 14.0. The third kappa shape index (κ3) is 4.99. The van der Waals surface area contributed by atoms with Crippen LogP contribution in [0.15, 0.2) is 42.0 Å². The smallest absolute Gasteiger partial charge is 0.266 e. The third-order valence-corrected chi connectivity index (χ3v) is 4.67. The molecule has 0 atom stereocenters. The quantitative estimate of drug-likeness (QED) is 0.576. The highest BCUT2D eigenvalue weighted by atomic mass is 35.5. The summed E-state index contributed by atoms with van der Waals surface area (Å²) in [4.78, 5) is 14.8. The summed E-state index contributed by atoms with van der Waals surface area (Å²) in [6.07, 6.45) is 1.43. The number of phenols is 1. The van der Waals surface area contributed by atoms with Gasteiger partial charge < -0.3 is 24.8 Å². The maximum absolute atomic E-state index is 12.7. The Morgan fingerprint density at radius 2 is 2.07 bits per heavy atom. The van der Waals surface area contributed by atoms with Crippen LogP contribution in [0.4, 0.5) is 11.4 Å². The minimum atomic E-state index is -0.559. The van der Waals surface area contributed by atoms with Crippen molar-refractivity contribution in [2.45, 2.75) is 0 Å². The molecule has 2 aromatic rings. The number of hydrogen-bond donors (Lipinski definition) is 2. The lowest BCUT2D eigenvalue weighted by Gasteiger charge is -2.30. The first-order valence-electron chi connectivity index (χ1n) is 8.94. The molecule has 1 heterocycles. The minimum absolute atomic E-state index is 0.0262. The van der Waals surface area contributed by atoms with E-state index in [9.17, 15) is 15.2 Å². The molecule has 0 unspecified atom stereocenters. The summed E-state index contributed by atoms with van der Waals surface area (Å²) in [5, 5.41) is 22.4. The van der Waals surface area contributed by atoms with Crippen molar-refractivity contribution in [3.05, 3.63) is 52.6 Å². The van der Waals surface area contributed by atoms with E-state index in [0.717, 1.165) is 5.69 Å². The van der Waals surface area contributed by atoms with E-state index in [0.29, 0.717) is 42.6 Å². The summed E-state index contributed by atoms with van der Waals surface area (Å²) in [5.74, 6) is -0.334. The number of carbonyl (C=O) groups is 1. The largest absolute Gasteiger partial charge is 0.504 e. The van der Waals surface area contributed by atoms with Crippen LogP contribution in [-0.2, 0) is 9.53 Å². The molecular formula is C21H20ClN3O4. The maximum Gasteiger partial charge on any atom is 0.266 e. The molecule has 1 aliphatic rings. The van der Waals surface area contributed by atoms with E-state index in [1.807, 2.05) is 12.1 Å². The second kappa shape index (κ2) is 9.32. The molecule has 1 amide bonds. The highest BCUT2D eigenvalue weighted by molar-refractivity contribution is 6.31. The number of amides is 1. The zero-order valence-corrected chi connectivity index (χ0v) is 16.6. The Morgan fingerprint density at radius 3 is 2.76 bits per heavy atom. The van der Waals surface area contributed by atoms with Crippen molar-refractivity contribution in [2.75, 3.05) is 43.6 Å². The number of ether oxygens (including phenoxy) is 2. The summed E-state index contributed by atoms with van der Waals surface area (Å²) < 4.78 is 10.4. The predicted octanol–water partition coefficient (Wildman–Crippen LogP) is 3.44. The van der Waals surface area contributed by atoms with E-state index in [2.05, 4.69) is 10.2 Å². The topological polar surface area (TPSA) is 94.8 Å². The average molecular weight is 414 g/mol. The number of aromatic hydroxyl groups is 1. The number of nitrogens with one attached hydrogen (secondary N) is 1. The number of nitriles is 1. The first kappa shape index (κ1) is 20.5. The van der Waals surface area contributed by atoms with Crippen LogP contribution < -0.4 is 15.0 Å². The Labute approximate surface area is 173 Å². The van der Waals surface area contributed by atoms with Crippen LogP contribution in [0.2, 0.25) is 5.02 Å². The van der Waals surface area contributed by atoms with Gasteiger partial charge in [0.25, 0.3) is 5.91 Å². The third-order valence-electron chi connectivity index (χ3n) is 4.44. The fourth-order valence-corrected chi connectivity index (χ4v) is 3.15. The van der Waals surface area contributed by atoms with Crippen LogP contribution in [-0.4, -0.2) is 44.4 Å². The number of rotatable bonds is 5. The van der Waals surface area contributed by atoms with Crippen LogP contribution in [0, 0.1) is 11.3 Å². The van der Waals surface area contributed by atoms with Crippen LogP contribution in [0.5, 0.6) is 11.5 Å². The number of anilines is 2. The van der Waals surface area contributed by atoms with Gasteiger partial charge in [-0.2, -0.15) is 5.26 Å². The number of halogens is 1. The number of methoxy groups -OCH3 is 1.